The number of likely N-dealkylation sites (tertiary alicyclic amines) is 1. The van der Waals surface area contributed by atoms with Gasteiger partial charge in [0.1, 0.15) is 0 Å². The lowest BCUT2D eigenvalue weighted by atomic mass is 9.93. The maximum absolute atomic E-state index is 11.1. The number of piperidine rings is 1. The van der Waals surface area contributed by atoms with E-state index in [1.54, 1.807) is 0 Å². The Bertz CT molecular complexity index is 475. The van der Waals surface area contributed by atoms with Gasteiger partial charge in [-0.2, -0.15) is 0 Å². The van der Waals surface area contributed by atoms with Crippen LogP contribution in [0.1, 0.15) is 30.9 Å². The second-order valence-corrected chi connectivity index (χ2v) is 5.88. The molecular weight excluding hydrogens is 262 g/mol. The molecule has 0 spiro atoms. The molecule has 3 nitrogen and oxygen atoms in total. The Morgan fingerprint density at radius 2 is 2.21 bits per heavy atom. The minimum atomic E-state index is -0.677. The van der Waals surface area contributed by atoms with Gasteiger partial charge in [-0.05, 0) is 43.9 Å². The van der Waals surface area contributed by atoms with Crippen LogP contribution in [0.25, 0.3) is 0 Å². The van der Waals surface area contributed by atoms with Crippen LogP contribution in [-0.4, -0.2) is 28.6 Å². The molecule has 1 aliphatic heterocycles. The molecule has 19 heavy (non-hydrogen) atoms. The fourth-order valence-electron chi connectivity index (χ4n) is 2.64. The standard InChI is InChI=1S/C15H20ClNO2/c1-10-7-12(4-6-14(10)16)8-17-9-13(15(18)19)5-3-11(17)2/h4,6-7,11,13H,3,5,8-9H2,1-2H3,(H,18,19). The fourth-order valence-corrected chi connectivity index (χ4v) is 2.76. The van der Waals surface area contributed by atoms with Crippen LogP contribution in [0.2, 0.25) is 5.02 Å². The van der Waals surface area contributed by atoms with Crippen molar-refractivity contribution in [2.24, 2.45) is 5.92 Å². The van der Waals surface area contributed by atoms with Gasteiger partial charge in [0.2, 0.25) is 0 Å². The molecule has 1 aromatic rings. The molecule has 2 rings (SSSR count). The number of carboxylic acids is 1. The van der Waals surface area contributed by atoms with E-state index >= 15 is 0 Å². The molecule has 0 radical (unpaired) electrons. The lowest BCUT2D eigenvalue weighted by Gasteiger charge is -2.36. The topological polar surface area (TPSA) is 40.5 Å². The molecular formula is C15H20ClNO2. The predicted octanol–water partition coefficient (Wildman–Crippen LogP) is 3.33. The van der Waals surface area contributed by atoms with Crippen LogP contribution in [0.3, 0.4) is 0 Å². The second kappa shape index (κ2) is 5.93. The Morgan fingerprint density at radius 3 is 2.84 bits per heavy atom. The maximum Gasteiger partial charge on any atom is 0.307 e. The summed E-state index contributed by atoms with van der Waals surface area (Å²) in [5.41, 5.74) is 2.26. The molecule has 1 N–H and O–H groups in total. The molecule has 0 amide bonds. The molecule has 0 bridgehead atoms. The molecule has 0 aromatic heterocycles. The van der Waals surface area contributed by atoms with Gasteiger partial charge in [-0.3, -0.25) is 9.69 Å². The quantitative estimate of drug-likeness (QED) is 0.924. The van der Waals surface area contributed by atoms with Crippen molar-refractivity contribution in [2.75, 3.05) is 6.54 Å². The molecule has 2 atom stereocenters. The van der Waals surface area contributed by atoms with Crippen LogP contribution in [0, 0.1) is 12.8 Å². The van der Waals surface area contributed by atoms with E-state index in [2.05, 4.69) is 17.9 Å². The highest BCUT2D eigenvalue weighted by Gasteiger charge is 2.29. The first-order valence-corrected chi connectivity index (χ1v) is 7.07. The van der Waals surface area contributed by atoms with Gasteiger partial charge in [-0.15, -0.1) is 0 Å². The molecule has 1 fully saturated rings. The summed E-state index contributed by atoms with van der Waals surface area (Å²) in [5, 5.41) is 9.92. The molecule has 104 valence electrons. The number of aliphatic carboxylic acids is 1. The first-order valence-electron chi connectivity index (χ1n) is 6.69. The number of rotatable bonds is 3. The van der Waals surface area contributed by atoms with Crippen LogP contribution < -0.4 is 0 Å². The van der Waals surface area contributed by atoms with Crippen LogP contribution in [0.5, 0.6) is 0 Å². The van der Waals surface area contributed by atoms with E-state index in [-0.39, 0.29) is 5.92 Å². The smallest absolute Gasteiger partial charge is 0.307 e. The van der Waals surface area contributed by atoms with Crippen molar-refractivity contribution in [3.8, 4) is 0 Å². The Kier molecular flexibility index (Phi) is 4.48. The molecule has 1 aromatic carbocycles. The second-order valence-electron chi connectivity index (χ2n) is 5.47. The summed E-state index contributed by atoms with van der Waals surface area (Å²) in [6.45, 7) is 5.59. The highest BCUT2D eigenvalue weighted by Crippen LogP contribution is 2.25. The normalized spacial score (nSPS) is 24.4. The van der Waals surface area contributed by atoms with Crippen molar-refractivity contribution in [1.29, 1.82) is 0 Å². The highest BCUT2D eigenvalue weighted by atomic mass is 35.5. The molecule has 0 saturated carbocycles. The van der Waals surface area contributed by atoms with Crippen molar-refractivity contribution < 1.29 is 9.90 Å². The van der Waals surface area contributed by atoms with Crippen LogP contribution >= 0.6 is 11.6 Å². The summed E-state index contributed by atoms with van der Waals surface area (Å²) < 4.78 is 0. The van der Waals surface area contributed by atoms with Crippen molar-refractivity contribution in [2.45, 2.75) is 39.3 Å². The summed E-state index contributed by atoms with van der Waals surface area (Å²) in [6.07, 6.45) is 1.73. The Morgan fingerprint density at radius 1 is 1.47 bits per heavy atom. The summed E-state index contributed by atoms with van der Waals surface area (Å²) >= 11 is 6.03. The number of benzene rings is 1. The van der Waals surface area contributed by atoms with Gasteiger partial charge in [-0.25, -0.2) is 0 Å². The number of halogens is 1. The lowest BCUT2D eigenvalue weighted by Crippen LogP contribution is -2.43. The Labute approximate surface area is 119 Å². The van der Waals surface area contributed by atoms with E-state index in [1.807, 2.05) is 19.1 Å². The predicted molar refractivity (Wildman–Crippen MR) is 76.4 cm³/mol. The maximum atomic E-state index is 11.1. The van der Waals surface area contributed by atoms with Crippen LogP contribution in [-0.2, 0) is 11.3 Å². The molecule has 1 heterocycles. The Hall–Kier alpha value is -1.06. The zero-order valence-electron chi connectivity index (χ0n) is 11.4. The number of carbonyl (C=O) groups is 1. The third kappa shape index (κ3) is 3.48. The Balaban J connectivity index is 2.07. The first kappa shape index (κ1) is 14.4. The van der Waals surface area contributed by atoms with Gasteiger partial charge in [0.15, 0.2) is 0 Å². The lowest BCUT2D eigenvalue weighted by molar-refractivity contribution is -0.144. The third-order valence-corrected chi connectivity index (χ3v) is 4.39. The van der Waals surface area contributed by atoms with Gasteiger partial charge in [0.05, 0.1) is 5.92 Å². The summed E-state index contributed by atoms with van der Waals surface area (Å²) in [5.74, 6) is -0.909. The zero-order chi connectivity index (χ0) is 14.0. The average Bonchev–Trinajstić information content (AvgIpc) is 2.36. The van der Waals surface area contributed by atoms with Gasteiger partial charge >= 0.3 is 5.97 Å². The van der Waals surface area contributed by atoms with Crippen LogP contribution in [0.4, 0.5) is 0 Å². The largest absolute Gasteiger partial charge is 0.481 e. The number of hydrogen-bond acceptors (Lipinski definition) is 2. The summed E-state index contributed by atoms with van der Waals surface area (Å²) in [4.78, 5) is 13.4. The summed E-state index contributed by atoms with van der Waals surface area (Å²) in [7, 11) is 0. The highest BCUT2D eigenvalue weighted by molar-refractivity contribution is 6.31. The number of hydrogen-bond donors (Lipinski definition) is 1. The number of nitrogens with zero attached hydrogens (tertiary/aromatic N) is 1. The molecule has 1 aliphatic rings. The molecule has 0 aliphatic carbocycles. The first-order chi connectivity index (χ1) is 8.97. The van der Waals surface area contributed by atoms with Gasteiger partial charge in [0, 0.05) is 24.2 Å². The van der Waals surface area contributed by atoms with Crippen LogP contribution in [0.15, 0.2) is 18.2 Å². The SMILES string of the molecule is Cc1cc(CN2CC(C(=O)O)CCC2C)ccc1Cl. The molecule has 1 saturated heterocycles. The number of carboxylic acid groups (broad SMARTS) is 1. The van der Waals surface area contributed by atoms with E-state index in [4.69, 9.17) is 16.7 Å². The average molecular weight is 282 g/mol. The van der Waals surface area contributed by atoms with Crippen molar-refractivity contribution in [3.05, 3.63) is 34.3 Å². The number of aryl methyl sites for hydroxylation is 1. The van der Waals surface area contributed by atoms with Crippen molar-refractivity contribution in [3.63, 3.8) is 0 Å². The molecule has 4 heteroatoms. The third-order valence-electron chi connectivity index (χ3n) is 3.97. The van der Waals surface area contributed by atoms with E-state index in [0.29, 0.717) is 12.6 Å². The fraction of sp³-hybridized carbons (Fsp3) is 0.533. The molecule has 2 unspecified atom stereocenters. The van der Waals surface area contributed by atoms with E-state index in [0.717, 1.165) is 30.0 Å². The van der Waals surface area contributed by atoms with Gasteiger partial charge in [0.25, 0.3) is 0 Å². The van der Waals surface area contributed by atoms with Gasteiger partial charge in [-0.1, -0.05) is 23.7 Å². The minimum Gasteiger partial charge on any atom is -0.481 e. The summed E-state index contributed by atoms with van der Waals surface area (Å²) in [6, 6.07) is 6.45. The zero-order valence-corrected chi connectivity index (χ0v) is 12.2. The van der Waals surface area contributed by atoms with E-state index in [9.17, 15) is 4.79 Å². The monoisotopic (exact) mass is 281 g/mol. The van der Waals surface area contributed by atoms with E-state index in [1.165, 1.54) is 5.56 Å². The van der Waals surface area contributed by atoms with Crippen molar-refractivity contribution in [1.82, 2.24) is 4.90 Å². The minimum absolute atomic E-state index is 0.232. The van der Waals surface area contributed by atoms with Gasteiger partial charge < -0.3 is 5.11 Å². The van der Waals surface area contributed by atoms with Crippen molar-refractivity contribution >= 4 is 17.6 Å². The van der Waals surface area contributed by atoms with E-state index < -0.39 is 5.97 Å².